The molecule has 0 bridgehead atoms. The maximum Gasteiger partial charge on any atom is 0.257 e. The Kier molecular flexibility index (Phi) is 5.40. The van der Waals surface area contributed by atoms with Crippen molar-refractivity contribution in [2.75, 3.05) is 31.1 Å². The summed E-state index contributed by atoms with van der Waals surface area (Å²) in [5.41, 5.74) is 3.47. The van der Waals surface area contributed by atoms with E-state index >= 15 is 0 Å². The summed E-state index contributed by atoms with van der Waals surface area (Å²) in [6.45, 7) is 9.42. The fourth-order valence-electron chi connectivity index (χ4n) is 3.34. The number of amides is 1. The Hall–Kier alpha value is -2.63. The molecule has 2 aromatic rings. The van der Waals surface area contributed by atoms with Gasteiger partial charge in [-0.1, -0.05) is 6.92 Å². The van der Waals surface area contributed by atoms with Gasteiger partial charge in [0, 0.05) is 49.7 Å². The number of carbonyl (C=O) groups excluding carboxylic acids is 2. The van der Waals surface area contributed by atoms with Crippen molar-refractivity contribution < 1.29 is 9.59 Å². The number of nitrogens with zero attached hydrogens (tertiary/aromatic N) is 4. The van der Waals surface area contributed by atoms with Crippen molar-refractivity contribution >= 4 is 17.4 Å². The largest absolute Gasteiger partial charge is 0.368 e. The van der Waals surface area contributed by atoms with Gasteiger partial charge in [0.1, 0.15) is 0 Å². The van der Waals surface area contributed by atoms with Gasteiger partial charge in [0.25, 0.3) is 5.91 Å². The molecule has 1 fully saturated rings. The minimum absolute atomic E-state index is 0.0661. The number of carbonyl (C=O) groups is 2. The molecule has 1 aromatic heterocycles. The van der Waals surface area contributed by atoms with E-state index in [1.807, 2.05) is 40.8 Å². The van der Waals surface area contributed by atoms with E-state index in [9.17, 15) is 9.59 Å². The van der Waals surface area contributed by atoms with Crippen molar-refractivity contribution in [3.05, 3.63) is 47.3 Å². The molecule has 0 N–H and O–H groups in total. The maximum absolute atomic E-state index is 12.8. The van der Waals surface area contributed by atoms with Crippen LogP contribution in [-0.2, 0) is 6.54 Å². The topological polar surface area (TPSA) is 58.4 Å². The quantitative estimate of drug-likeness (QED) is 0.775. The molecule has 1 aliphatic heterocycles. The van der Waals surface area contributed by atoms with Crippen LogP contribution in [-0.4, -0.2) is 52.5 Å². The van der Waals surface area contributed by atoms with Crippen molar-refractivity contribution in [3.63, 3.8) is 0 Å². The Morgan fingerprint density at radius 2 is 1.73 bits per heavy atom. The average molecular weight is 354 g/mol. The molecule has 0 radical (unpaired) electrons. The average Bonchev–Trinajstić information content (AvgIpc) is 3.02. The molecule has 3 rings (SSSR count). The van der Waals surface area contributed by atoms with Crippen molar-refractivity contribution in [1.29, 1.82) is 0 Å². The highest BCUT2D eigenvalue weighted by Gasteiger charge is 2.25. The van der Waals surface area contributed by atoms with Gasteiger partial charge < -0.3 is 9.80 Å². The van der Waals surface area contributed by atoms with Crippen LogP contribution in [0.2, 0.25) is 0 Å². The molecule has 6 nitrogen and oxygen atoms in total. The Labute approximate surface area is 154 Å². The van der Waals surface area contributed by atoms with Crippen LogP contribution in [0.5, 0.6) is 0 Å². The number of piperazine rings is 1. The predicted octanol–water partition coefficient (Wildman–Crippen LogP) is 2.77. The standard InChI is InChI=1S/C20H26N4O2/c1-4-9-24-15(2)19(14-21-24)20(26)23-12-10-22(11-13-23)18-7-5-17(6-8-18)16(3)25/h5-8,14H,4,9-13H2,1-3H3. The SMILES string of the molecule is CCCn1ncc(C(=O)N2CCN(c3ccc(C(C)=O)cc3)CC2)c1C. The number of anilines is 1. The van der Waals surface area contributed by atoms with E-state index < -0.39 is 0 Å². The molecular formula is C20H26N4O2. The van der Waals surface area contributed by atoms with E-state index in [1.165, 1.54) is 0 Å². The van der Waals surface area contributed by atoms with E-state index in [0.717, 1.165) is 43.0 Å². The Bertz CT molecular complexity index is 787. The summed E-state index contributed by atoms with van der Waals surface area (Å²) in [5, 5.41) is 4.34. The first kappa shape index (κ1) is 18.2. The Morgan fingerprint density at radius 1 is 1.08 bits per heavy atom. The van der Waals surface area contributed by atoms with Crippen LogP contribution in [0.3, 0.4) is 0 Å². The second-order valence-corrected chi connectivity index (χ2v) is 6.75. The number of benzene rings is 1. The summed E-state index contributed by atoms with van der Waals surface area (Å²) < 4.78 is 1.90. The van der Waals surface area contributed by atoms with Crippen LogP contribution in [0.15, 0.2) is 30.5 Å². The predicted molar refractivity (Wildman–Crippen MR) is 102 cm³/mol. The zero-order chi connectivity index (χ0) is 18.7. The van der Waals surface area contributed by atoms with Crippen LogP contribution in [0.25, 0.3) is 0 Å². The molecule has 1 aromatic carbocycles. The lowest BCUT2D eigenvalue weighted by molar-refractivity contribution is 0.0745. The summed E-state index contributed by atoms with van der Waals surface area (Å²) in [6.07, 6.45) is 2.69. The molecular weight excluding hydrogens is 328 g/mol. The van der Waals surface area contributed by atoms with Crippen LogP contribution in [0.4, 0.5) is 5.69 Å². The summed E-state index contributed by atoms with van der Waals surface area (Å²) >= 11 is 0. The van der Waals surface area contributed by atoms with E-state index in [4.69, 9.17) is 0 Å². The maximum atomic E-state index is 12.8. The molecule has 2 heterocycles. The van der Waals surface area contributed by atoms with Crippen molar-refractivity contribution in [1.82, 2.24) is 14.7 Å². The van der Waals surface area contributed by atoms with Gasteiger partial charge in [0.05, 0.1) is 11.8 Å². The van der Waals surface area contributed by atoms with Crippen LogP contribution >= 0.6 is 0 Å². The number of Topliss-reactive ketones (excluding diaryl/α,β-unsaturated/α-hetero) is 1. The zero-order valence-electron chi connectivity index (χ0n) is 15.7. The molecule has 0 aliphatic carbocycles. The van der Waals surface area contributed by atoms with Crippen LogP contribution in [0, 0.1) is 6.92 Å². The first-order valence-electron chi connectivity index (χ1n) is 9.19. The highest BCUT2D eigenvalue weighted by molar-refractivity contribution is 5.95. The molecule has 6 heteroatoms. The van der Waals surface area contributed by atoms with Gasteiger partial charge in [-0.05, 0) is 44.5 Å². The highest BCUT2D eigenvalue weighted by Crippen LogP contribution is 2.19. The van der Waals surface area contributed by atoms with Crippen molar-refractivity contribution in [2.45, 2.75) is 33.7 Å². The van der Waals surface area contributed by atoms with Gasteiger partial charge in [-0.3, -0.25) is 14.3 Å². The number of ketones is 1. The number of aryl methyl sites for hydroxylation is 1. The highest BCUT2D eigenvalue weighted by atomic mass is 16.2. The summed E-state index contributed by atoms with van der Waals surface area (Å²) in [4.78, 5) is 28.4. The van der Waals surface area contributed by atoms with Crippen molar-refractivity contribution in [3.8, 4) is 0 Å². The van der Waals surface area contributed by atoms with Gasteiger partial charge in [0.2, 0.25) is 0 Å². The number of rotatable bonds is 5. The molecule has 138 valence electrons. The second-order valence-electron chi connectivity index (χ2n) is 6.75. The molecule has 1 saturated heterocycles. The molecule has 0 spiro atoms. The number of hydrogen-bond donors (Lipinski definition) is 0. The first-order chi connectivity index (χ1) is 12.5. The lowest BCUT2D eigenvalue weighted by Crippen LogP contribution is -2.48. The summed E-state index contributed by atoms with van der Waals surface area (Å²) in [6, 6.07) is 7.68. The normalized spacial score (nSPS) is 14.6. The molecule has 0 atom stereocenters. The summed E-state index contributed by atoms with van der Waals surface area (Å²) in [7, 11) is 0. The van der Waals surface area contributed by atoms with Gasteiger partial charge in [-0.25, -0.2) is 0 Å². The molecule has 1 amide bonds. The van der Waals surface area contributed by atoms with E-state index in [0.29, 0.717) is 18.7 Å². The third-order valence-corrected chi connectivity index (χ3v) is 4.97. The Morgan fingerprint density at radius 3 is 2.31 bits per heavy atom. The van der Waals surface area contributed by atoms with Crippen molar-refractivity contribution in [2.24, 2.45) is 0 Å². The molecule has 0 saturated carbocycles. The minimum atomic E-state index is 0.0661. The second kappa shape index (κ2) is 7.72. The van der Waals surface area contributed by atoms with E-state index in [1.54, 1.807) is 13.1 Å². The lowest BCUT2D eigenvalue weighted by Gasteiger charge is -2.36. The third kappa shape index (κ3) is 3.64. The molecule has 26 heavy (non-hydrogen) atoms. The lowest BCUT2D eigenvalue weighted by atomic mass is 10.1. The molecule has 1 aliphatic rings. The zero-order valence-corrected chi connectivity index (χ0v) is 15.7. The third-order valence-electron chi connectivity index (χ3n) is 4.97. The number of aromatic nitrogens is 2. The fraction of sp³-hybridized carbons (Fsp3) is 0.450. The van der Waals surface area contributed by atoms with Crippen LogP contribution in [0.1, 0.15) is 46.7 Å². The van der Waals surface area contributed by atoms with Gasteiger partial charge in [-0.2, -0.15) is 5.10 Å². The first-order valence-corrected chi connectivity index (χ1v) is 9.19. The Balaban J connectivity index is 1.63. The van der Waals surface area contributed by atoms with E-state index in [2.05, 4.69) is 16.9 Å². The van der Waals surface area contributed by atoms with E-state index in [-0.39, 0.29) is 11.7 Å². The monoisotopic (exact) mass is 354 g/mol. The van der Waals surface area contributed by atoms with Crippen LogP contribution < -0.4 is 4.90 Å². The van der Waals surface area contributed by atoms with Gasteiger partial charge in [0.15, 0.2) is 5.78 Å². The molecule has 0 unspecified atom stereocenters. The van der Waals surface area contributed by atoms with Gasteiger partial charge in [-0.15, -0.1) is 0 Å². The minimum Gasteiger partial charge on any atom is -0.368 e. The van der Waals surface area contributed by atoms with Gasteiger partial charge >= 0.3 is 0 Å². The fourth-order valence-corrected chi connectivity index (χ4v) is 3.34. The smallest absolute Gasteiger partial charge is 0.257 e. The number of hydrogen-bond acceptors (Lipinski definition) is 4. The summed E-state index contributed by atoms with van der Waals surface area (Å²) in [5.74, 6) is 0.141.